The summed E-state index contributed by atoms with van der Waals surface area (Å²) in [5.74, 6) is -1.59. The van der Waals surface area contributed by atoms with Gasteiger partial charge in [0.2, 0.25) is 5.88 Å². The van der Waals surface area contributed by atoms with Gasteiger partial charge in [-0.25, -0.2) is 13.6 Å². The number of anilines is 1. The number of nitrogens with one attached hydrogen (secondary N) is 2. The van der Waals surface area contributed by atoms with Gasteiger partial charge in [0.25, 0.3) is 0 Å². The van der Waals surface area contributed by atoms with Crippen LogP contribution in [0.3, 0.4) is 0 Å². The maximum Gasteiger partial charge on any atom is 0.349 e. The van der Waals surface area contributed by atoms with Crippen molar-refractivity contribution in [3.8, 4) is 11.6 Å². The number of aromatic nitrogens is 3. The third-order valence-corrected chi connectivity index (χ3v) is 5.14. The number of nitrogens with two attached hydrogens (primary N) is 1. The van der Waals surface area contributed by atoms with Crippen molar-refractivity contribution in [1.29, 1.82) is 0 Å². The molecular weight excluding hydrogens is 392 g/mol. The summed E-state index contributed by atoms with van der Waals surface area (Å²) >= 11 is 0. The molecule has 2 aromatic carbocycles. The molecule has 152 valence electrons. The number of aromatic amines is 1. The van der Waals surface area contributed by atoms with E-state index < -0.39 is 23.4 Å². The minimum absolute atomic E-state index is 0.131. The lowest BCUT2D eigenvalue weighted by Gasteiger charge is -2.21. The second kappa shape index (κ2) is 6.96. The second-order valence-electron chi connectivity index (χ2n) is 6.97. The molecule has 7 nitrogen and oxygen atoms in total. The molecule has 0 fully saturated rings. The highest BCUT2D eigenvalue weighted by Crippen LogP contribution is 2.37. The molecule has 0 amide bonds. The highest BCUT2D eigenvalue weighted by molar-refractivity contribution is 5.84. The molecule has 9 heteroatoms. The fourth-order valence-electron chi connectivity index (χ4n) is 3.87. The minimum Gasteiger partial charge on any atom is -0.476 e. The third-order valence-electron chi connectivity index (χ3n) is 5.14. The molecule has 1 atom stereocenters. The first kappa shape index (κ1) is 18.3. The van der Waals surface area contributed by atoms with Crippen molar-refractivity contribution in [2.24, 2.45) is 0 Å². The molecule has 3 heterocycles. The Morgan fingerprint density at radius 3 is 2.80 bits per heavy atom. The monoisotopic (exact) mass is 409 g/mol. The lowest BCUT2D eigenvalue weighted by atomic mass is 10.0. The Hall–Kier alpha value is -3.72. The molecule has 1 aliphatic heterocycles. The van der Waals surface area contributed by atoms with Gasteiger partial charge in [-0.15, -0.1) is 0 Å². The average Bonchev–Trinajstić information content (AvgIpc) is 2.97. The van der Waals surface area contributed by atoms with Crippen LogP contribution < -0.4 is 21.5 Å². The van der Waals surface area contributed by atoms with Gasteiger partial charge in [0.1, 0.15) is 12.4 Å². The standard InChI is InChI=1S/C21H17F2N5O2/c22-13-6-5-12(10-14(13)23)28-15-4-2-1-3-11(15)9-16(28)18-17-19(24)26-21(29)27-20(17)30-8-7-25-18/h1-6,9-10,18,25H,7-8H2,(H3,24,26,27,29). The topological polar surface area (TPSA) is 98.0 Å². The largest absolute Gasteiger partial charge is 0.476 e. The molecule has 30 heavy (non-hydrogen) atoms. The number of nitrogens with zero attached hydrogens (tertiary/aromatic N) is 2. The van der Waals surface area contributed by atoms with Gasteiger partial charge in [-0.3, -0.25) is 4.98 Å². The van der Waals surface area contributed by atoms with Crippen molar-refractivity contribution >= 4 is 16.7 Å². The average molecular weight is 409 g/mol. The van der Waals surface area contributed by atoms with Crippen LogP contribution in [0, 0.1) is 11.6 Å². The molecule has 0 spiro atoms. The van der Waals surface area contributed by atoms with Gasteiger partial charge < -0.3 is 20.4 Å². The lowest BCUT2D eigenvalue weighted by Crippen LogP contribution is -2.27. The van der Waals surface area contributed by atoms with E-state index in [4.69, 9.17) is 10.5 Å². The van der Waals surface area contributed by atoms with Crippen molar-refractivity contribution in [2.45, 2.75) is 6.04 Å². The molecule has 1 aliphatic rings. The minimum atomic E-state index is -0.945. The molecule has 0 saturated heterocycles. The van der Waals surface area contributed by atoms with Gasteiger partial charge in [0, 0.05) is 29.4 Å². The first-order chi connectivity index (χ1) is 14.5. The predicted molar refractivity (Wildman–Crippen MR) is 108 cm³/mol. The summed E-state index contributed by atoms with van der Waals surface area (Å²) in [6.45, 7) is 0.763. The Kier molecular flexibility index (Phi) is 4.25. The lowest BCUT2D eigenvalue weighted by molar-refractivity contribution is 0.312. The van der Waals surface area contributed by atoms with Crippen LogP contribution in [0.25, 0.3) is 16.6 Å². The molecule has 0 radical (unpaired) electrons. The summed E-state index contributed by atoms with van der Waals surface area (Å²) in [6.07, 6.45) is 0. The molecule has 1 unspecified atom stereocenters. The van der Waals surface area contributed by atoms with Gasteiger partial charge in [-0.05, 0) is 24.3 Å². The highest BCUT2D eigenvalue weighted by Gasteiger charge is 2.29. The summed E-state index contributed by atoms with van der Waals surface area (Å²) in [5.41, 5.74) is 7.99. The number of para-hydroxylation sites is 1. The number of H-pyrrole nitrogens is 1. The zero-order valence-corrected chi connectivity index (χ0v) is 15.7. The van der Waals surface area contributed by atoms with E-state index in [0.29, 0.717) is 24.4 Å². The number of hydrogen-bond acceptors (Lipinski definition) is 5. The van der Waals surface area contributed by atoms with Crippen LogP contribution in [0.1, 0.15) is 17.3 Å². The molecule has 2 aromatic heterocycles. The zero-order valence-electron chi connectivity index (χ0n) is 15.7. The third kappa shape index (κ3) is 2.91. The number of rotatable bonds is 2. The van der Waals surface area contributed by atoms with Crippen molar-refractivity contribution in [1.82, 2.24) is 19.9 Å². The first-order valence-corrected chi connectivity index (χ1v) is 9.34. The van der Waals surface area contributed by atoms with E-state index in [2.05, 4.69) is 15.3 Å². The Morgan fingerprint density at radius 2 is 1.97 bits per heavy atom. The van der Waals surface area contributed by atoms with Crippen molar-refractivity contribution in [2.75, 3.05) is 18.9 Å². The number of halogens is 2. The number of nitrogen functional groups attached to an aromatic ring is 1. The number of hydrogen-bond donors (Lipinski definition) is 3. The van der Waals surface area contributed by atoms with Crippen molar-refractivity contribution in [3.63, 3.8) is 0 Å². The van der Waals surface area contributed by atoms with Crippen molar-refractivity contribution < 1.29 is 13.5 Å². The van der Waals surface area contributed by atoms with Gasteiger partial charge in [-0.1, -0.05) is 18.2 Å². The Bertz CT molecular complexity index is 1330. The molecule has 0 bridgehead atoms. The summed E-state index contributed by atoms with van der Waals surface area (Å²) < 4.78 is 35.1. The van der Waals surface area contributed by atoms with E-state index in [9.17, 15) is 13.6 Å². The van der Waals surface area contributed by atoms with Crippen LogP contribution in [0.2, 0.25) is 0 Å². The number of ether oxygens (including phenoxy) is 1. The maximum atomic E-state index is 14.1. The fraction of sp³-hybridized carbons (Fsp3) is 0.143. The molecular formula is C21H17F2N5O2. The van der Waals surface area contributed by atoms with Crippen LogP contribution >= 0.6 is 0 Å². The van der Waals surface area contributed by atoms with Crippen LogP contribution in [-0.2, 0) is 0 Å². The van der Waals surface area contributed by atoms with E-state index in [1.54, 1.807) is 0 Å². The highest BCUT2D eigenvalue weighted by atomic mass is 19.2. The smallest absolute Gasteiger partial charge is 0.349 e. The summed E-state index contributed by atoms with van der Waals surface area (Å²) in [4.78, 5) is 18.2. The van der Waals surface area contributed by atoms with E-state index in [-0.39, 0.29) is 11.7 Å². The molecule has 4 aromatic rings. The molecule has 0 aliphatic carbocycles. The van der Waals surface area contributed by atoms with Crippen molar-refractivity contribution in [3.05, 3.63) is 81.9 Å². The fourth-order valence-corrected chi connectivity index (χ4v) is 3.87. The number of benzene rings is 2. The number of fused-ring (bicyclic) bond motifs is 2. The summed E-state index contributed by atoms with van der Waals surface area (Å²) in [5, 5.41) is 4.26. The van der Waals surface area contributed by atoms with Gasteiger partial charge in [-0.2, -0.15) is 4.98 Å². The summed E-state index contributed by atoms with van der Waals surface area (Å²) in [6, 6.07) is 12.8. The van der Waals surface area contributed by atoms with Crippen LogP contribution in [0.15, 0.2) is 53.3 Å². The zero-order chi connectivity index (χ0) is 20.8. The Balaban J connectivity index is 1.80. The van der Waals surface area contributed by atoms with Crippen LogP contribution in [0.5, 0.6) is 5.88 Å². The summed E-state index contributed by atoms with van der Waals surface area (Å²) in [7, 11) is 0. The van der Waals surface area contributed by atoms with Gasteiger partial charge >= 0.3 is 5.69 Å². The van der Waals surface area contributed by atoms with E-state index >= 15 is 0 Å². The molecule has 5 rings (SSSR count). The van der Waals surface area contributed by atoms with Gasteiger partial charge in [0.05, 0.1) is 17.1 Å². The predicted octanol–water partition coefficient (Wildman–Crippen LogP) is 2.65. The maximum absolute atomic E-state index is 14.1. The Morgan fingerprint density at radius 1 is 1.13 bits per heavy atom. The second-order valence-corrected chi connectivity index (χ2v) is 6.97. The van der Waals surface area contributed by atoms with E-state index in [1.165, 1.54) is 6.07 Å². The van der Waals surface area contributed by atoms with Crippen LogP contribution in [-0.4, -0.2) is 27.7 Å². The normalized spacial score (nSPS) is 16.1. The SMILES string of the molecule is Nc1[nH]c(=O)nc2c1C(c1cc3ccccc3n1-c1ccc(F)c(F)c1)NCCO2. The molecule has 0 saturated carbocycles. The van der Waals surface area contributed by atoms with E-state index in [1.807, 2.05) is 34.9 Å². The van der Waals surface area contributed by atoms with E-state index in [0.717, 1.165) is 28.7 Å². The van der Waals surface area contributed by atoms with Gasteiger partial charge in [0.15, 0.2) is 11.6 Å². The van der Waals surface area contributed by atoms with Crippen LogP contribution in [0.4, 0.5) is 14.6 Å². The molecule has 4 N–H and O–H groups in total. The quantitative estimate of drug-likeness (QED) is 0.473. The first-order valence-electron chi connectivity index (χ1n) is 9.34. The Labute approximate surface area is 169 Å².